The molecule has 2 aromatic carbocycles. The maximum absolute atomic E-state index is 6.49. The van der Waals surface area contributed by atoms with Crippen LogP contribution in [0.1, 0.15) is 56.9 Å². The molecule has 0 saturated carbocycles. The molecule has 220 valence electrons. The molecule has 5 nitrogen and oxygen atoms in total. The molecule has 1 atom stereocenters. The van der Waals surface area contributed by atoms with Crippen LogP contribution in [0.3, 0.4) is 0 Å². The van der Waals surface area contributed by atoms with Crippen LogP contribution in [-0.2, 0) is 22.5 Å². The monoisotopic (exact) mass is 587 g/mol. The van der Waals surface area contributed by atoms with Crippen LogP contribution in [0.4, 0.5) is 0 Å². The van der Waals surface area contributed by atoms with Crippen LogP contribution in [-0.4, -0.2) is 37.5 Å². The zero-order valence-corrected chi connectivity index (χ0v) is 28.6. The second-order valence-corrected chi connectivity index (χ2v) is 24.3. The molecule has 0 saturated heterocycles. The van der Waals surface area contributed by atoms with Gasteiger partial charge in [0.15, 0.2) is 8.32 Å². The number of benzene rings is 2. The number of aromatic nitrogens is 3. The maximum atomic E-state index is 6.49. The predicted molar refractivity (Wildman–Crippen MR) is 178 cm³/mol. The molecule has 2 aromatic heterocycles. The summed E-state index contributed by atoms with van der Waals surface area (Å²) >= 11 is 0. The lowest BCUT2D eigenvalue weighted by atomic mass is 9.91. The summed E-state index contributed by atoms with van der Waals surface area (Å²) in [5.41, 5.74) is 6.73. The Bertz CT molecular complexity index is 1420. The topological polar surface area (TPSA) is 49.2 Å². The SMILES string of the molecule is CCC(c1ccccc1)c1ncnc2c1cc(-c1ccc(CO[Si](C)(C)C(C)(C)C)cc1)n2COCC[Si](C)(C)C. The van der Waals surface area contributed by atoms with Crippen LogP contribution in [0.2, 0.25) is 43.8 Å². The Balaban J connectivity index is 1.70. The maximum Gasteiger partial charge on any atom is 0.192 e. The van der Waals surface area contributed by atoms with Gasteiger partial charge in [-0.2, -0.15) is 0 Å². The van der Waals surface area contributed by atoms with E-state index in [2.05, 4.69) is 126 Å². The zero-order valence-electron chi connectivity index (χ0n) is 26.6. The lowest BCUT2D eigenvalue weighted by molar-refractivity contribution is 0.0909. The van der Waals surface area contributed by atoms with Crippen LogP contribution < -0.4 is 0 Å². The van der Waals surface area contributed by atoms with Crippen LogP contribution in [0, 0.1) is 0 Å². The van der Waals surface area contributed by atoms with Crippen molar-refractivity contribution in [3.05, 3.63) is 83.8 Å². The third-order valence-electron chi connectivity index (χ3n) is 8.53. The van der Waals surface area contributed by atoms with Gasteiger partial charge >= 0.3 is 0 Å². The fraction of sp³-hybridized carbons (Fsp3) is 0.471. The van der Waals surface area contributed by atoms with E-state index in [0.717, 1.165) is 47.1 Å². The van der Waals surface area contributed by atoms with Crippen molar-refractivity contribution in [1.29, 1.82) is 0 Å². The van der Waals surface area contributed by atoms with Crippen molar-refractivity contribution in [2.24, 2.45) is 0 Å². The molecule has 1 unspecified atom stereocenters. The third-order valence-corrected chi connectivity index (χ3v) is 14.7. The Morgan fingerprint density at radius 3 is 2.20 bits per heavy atom. The Hall–Kier alpha value is -2.59. The molecule has 0 spiro atoms. The van der Waals surface area contributed by atoms with Crippen molar-refractivity contribution in [2.45, 2.75) is 97.2 Å². The van der Waals surface area contributed by atoms with Crippen molar-refractivity contribution >= 4 is 27.4 Å². The van der Waals surface area contributed by atoms with Crippen molar-refractivity contribution in [2.75, 3.05) is 6.61 Å². The van der Waals surface area contributed by atoms with E-state index in [1.54, 1.807) is 6.33 Å². The molecule has 0 amide bonds. The van der Waals surface area contributed by atoms with Gasteiger partial charge in [0, 0.05) is 26.0 Å². The standard InChI is InChI=1S/C34H49N3O2Si2/c1-10-29(27-14-12-11-13-15-27)32-30-22-31(37(33(30)36-24-35-32)25-38-20-21-40(5,6)7)28-18-16-26(17-19-28)23-39-41(8,9)34(2,3)4/h11-19,22,24,29H,10,20-21,23,25H2,1-9H3. The van der Waals surface area contributed by atoms with Crippen molar-refractivity contribution in [1.82, 2.24) is 14.5 Å². The summed E-state index contributed by atoms with van der Waals surface area (Å²) in [6, 6.07) is 22.9. The highest BCUT2D eigenvalue weighted by molar-refractivity contribution is 6.76. The molecule has 0 fully saturated rings. The van der Waals surface area contributed by atoms with Gasteiger partial charge in [-0.25, -0.2) is 9.97 Å². The lowest BCUT2D eigenvalue weighted by Gasteiger charge is -2.36. The molecule has 4 rings (SSSR count). The third kappa shape index (κ3) is 7.63. The average Bonchev–Trinajstić information content (AvgIpc) is 3.29. The summed E-state index contributed by atoms with van der Waals surface area (Å²) in [6.45, 7) is 22.7. The Labute approximate surface area is 249 Å². The van der Waals surface area contributed by atoms with Gasteiger partial charge in [0.25, 0.3) is 0 Å². The second-order valence-electron chi connectivity index (χ2n) is 13.9. The van der Waals surface area contributed by atoms with Crippen LogP contribution in [0.15, 0.2) is 67.0 Å². The van der Waals surface area contributed by atoms with Crippen LogP contribution in [0.5, 0.6) is 0 Å². The molecule has 0 N–H and O–H groups in total. The first-order valence-electron chi connectivity index (χ1n) is 15.0. The second kappa shape index (κ2) is 12.7. The van der Waals surface area contributed by atoms with E-state index in [4.69, 9.17) is 19.1 Å². The fourth-order valence-electron chi connectivity index (χ4n) is 4.79. The quantitative estimate of drug-likeness (QED) is 0.122. The van der Waals surface area contributed by atoms with Gasteiger partial charge < -0.3 is 13.7 Å². The Kier molecular flexibility index (Phi) is 9.74. The highest BCUT2D eigenvalue weighted by Crippen LogP contribution is 2.38. The van der Waals surface area contributed by atoms with E-state index < -0.39 is 16.4 Å². The minimum absolute atomic E-state index is 0.193. The molecule has 7 heteroatoms. The molecule has 41 heavy (non-hydrogen) atoms. The van der Waals surface area contributed by atoms with Gasteiger partial charge in [-0.1, -0.05) is 102 Å². The van der Waals surface area contributed by atoms with Crippen LogP contribution >= 0.6 is 0 Å². The number of hydrogen-bond acceptors (Lipinski definition) is 4. The molecule has 2 heterocycles. The number of fused-ring (bicyclic) bond motifs is 1. The van der Waals surface area contributed by atoms with Crippen molar-refractivity contribution in [3.63, 3.8) is 0 Å². The smallest absolute Gasteiger partial charge is 0.192 e. The van der Waals surface area contributed by atoms with E-state index >= 15 is 0 Å². The van der Waals surface area contributed by atoms with Gasteiger partial charge in [-0.15, -0.1) is 0 Å². The molecular weight excluding hydrogens is 539 g/mol. The fourth-order valence-corrected chi connectivity index (χ4v) is 6.50. The Morgan fingerprint density at radius 2 is 1.59 bits per heavy atom. The van der Waals surface area contributed by atoms with E-state index in [-0.39, 0.29) is 11.0 Å². The molecule has 0 radical (unpaired) electrons. The first-order chi connectivity index (χ1) is 19.3. The zero-order chi connectivity index (χ0) is 29.8. The molecule has 0 bridgehead atoms. The van der Waals surface area contributed by atoms with Gasteiger partial charge in [0.05, 0.1) is 18.0 Å². The molecule has 4 aromatic rings. The van der Waals surface area contributed by atoms with E-state index in [0.29, 0.717) is 13.3 Å². The van der Waals surface area contributed by atoms with Gasteiger partial charge in [-0.05, 0) is 53.4 Å². The van der Waals surface area contributed by atoms with E-state index in [1.807, 2.05) is 0 Å². The molecule has 0 aliphatic rings. The largest absolute Gasteiger partial charge is 0.413 e. The first kappa shape index (κ1) is 31.4. The van der Waals surface area contributed by atoms with Gasteiger partial charge in [0.2, 0.25) is 0 Å². The number of rotatable bonds is 12. The van der Waals surface area contributed by atoms with Crippen LogP contribution in [0.25, 0.3) is 22.3 Å². The minimum Gasteiger partial charge on any atom is -0.413 e. The summed E-state index contributed by atoms with van der Waals surface area (Å²) in [5.74, 6) is 0.202. The average molecular weight is 588 g/mol. The highest BCUT2D eigenvalue weighted by Gasteiger charge is 2.37. The van der Waals surface area contributed by atoms with Crippen molar-refractivity contribution < 1.29 is 9.16 Å². The van der Waals surface area contributed by atoms with Gasteiger partial charge in [-0.3, -0.25) is 0 Å². The number of nitrogens with zero attached hydrogens (tertiary/aromatic N) is 3. The summed E-state index contributed by atoms with van der Waals surface area (Å²) in [5, 5.41) is 1.29. The summed E-state index contributed by atoms with van der Waals surface area (Å²) < 4.78 is 15.0. The number of hydrogen-bond donors (Lipinski definition) is 0. The van der Waals surface area contributed by atoms with Crippen molar-refractivity contribution in [3.8, 4) is 11.3 Å². The summed E-state index contributed by atoms with van der Waals surface area (Å²) in [6.07, 6.45) is 2.68. The number of ether oxygens (including phenoxy) is 1. The Morgan fingerprint density at radius 1 is 0.902 bits per heavy atom. The predicted octanol–water partition coefficient (Wildman–Crippen LogP) is 9.47. The molecule has 0 aliphatic carbocycles. The molecule has 0 aliphatic heterocycles. The normalized spacial score (nSPS) is 13.6. The lowest BCUT2D eigenvalue weighted by Crippen LogP contribution is -2.40. The minimum atomic E-state index is -1.81. The van der Waals surface area contributed by atoms with E-state index in [9.17, 15) is 0 Å². The first-order valence-corrected chi connectivity index (χ1v) is 21.6. The summed E-state index contributed by atoms with van der Waals surface area (Å²) in [7, 11) is -3.00. The van der Waals surface area contributed by atoms with Gasteiger partial charge in [0.1, 0.15) is 18.7 Å². The van der Waals surface area contributed by atoms with E-state index in [1.165, 1.54) is 11.1 Å². The summed E-state index contributed by atoms with van der Waals surface area (Å²) in [4.78, 5) is 9.63. The highest BCUT2D eigenvalue weighted by atomic mass is 28.4. The molecular formula is C34H49N3O2Si2.